The molecular weight excluding hydrogens is 344 g/mol. The van der Waals surface area contributed by atoms with E-state index in [0.29, 0.717) is 11.4 Å². The molecule has 3 N–H and O–H groups in total. The van der Waals surface area contributed by atoms with Crippen LogP contribution in [0.1, 0.15) is 17.4 Å². The van der Waals surface area contributed by atoms with Crippen molar-refractivity contribution in [3.63, 3.8) is 0 Å². The zero-order valence-electron chi connectivity index (χ0n) is 13.2. The number of amides is 2. The molecule has 0 saturated carbocycles. The Morgan fingerprint density at radius 3 is 2.88 bits per heavy atom. The number of nitrogens with two attached hydrogens (primary N) is 1. The monoisotopic (exact) mass is 359 g/mol. The Labute approximate surface area is 146 Å². The number of primary amides is 1. The molecule has 0 spiro atoms. The normalized spacial score (nSPS) is 25.3. The Kier molecular flexibility index (Phi) is 3.20. The highest BCUT2D eigenvalue weighted by Gasteiger charge is 2.68. The summed E-state index contributed by atoms with van der Waals surface area (Å²) in [5.74, 6) is -1.37. The first-order valence-electron chi connectivity index (χ1n) is 7.57. The van der Waals surface area contributed by atoms with E-state index in [4.69, 9.17) is 5.73 Å². The van der Waals surface area contributed by atoms with Crippen molar-refractivity contribution in [3.8, 4) is 0 Å². The van der Waals surface area contributed by atoms with Crippen LogP contribution < -0.4 is 10.3 Å². The van der Waals surface area contributed by atoms with Crippen molar-refractivity contribution >= 4 is 35.1 Å². The minimum Gasteiger partial charge on any atom is -0.477 e. The number of β-lactam (4-membered cyclic amide) rings is 1. The summed E-state index contributed by atoms with van der Waals surface area (Å²) < 4.78 is 3.42. The van der Waals surface area contributed by atoms with Gasteiger partial charge >= 0.3 is 11.9 Å². The predicted octanol–water partition coefficient (Wildman–Crippen LogP) is -0.0755. The number of aromatic nitrogens is 2. The van der Waals surface area contributed by atoms with E-state index in [-0.39, 0.29) is 17.0 Å². The van der Waals surface area contributed by atoms with Crippen LogP contribution in [-0.2, 0) is 15.1 Å². The van der Waals surface area contributed by atoms with Gasteiger partial charge in [-0.25, -0.2) is 4.79 Å². The van der Waals surface area contributed by atoms with Crippen molar-refractivity contribution in [3.05, 3.63) is 48.2 Å². The van der Waals surface area contributed by atoms with Gasteiger partial charge in [-0.3, -0.25) is 14.5 Å². The van der Waals surface area contributed by atoms with Gasteiger partial charge in [0.2, 0.25) is 0 Å². The number of carbonyl (C=O) groups is 3. The highest BCUT2D eigenvalue weighted by Crippen LogP contribution is 2.45. The number of fused-ring (bicyclic) bond motifs is 2. The van der Waals surface area contributed by atoms with Crippen molar-refractivity contribution in [1.29, 1.82) is 0 Å². The fourth-order valence-corrected chi connectivity index (χ4v) is 4.75. The van der Waals surface area contributed by atoms with Gasteiger partial charge in [0.05, 0.1) is 6.20 Å². The second kappa shape index (κ2) is 5.09. The third-order valence-electron chi connectivity index (χ3n) is 4.76. The number of carbonyl (C=O) groups excluding carboxylic acids is 2. The molecule has 2 aromatic heterocycles. The zero-order valence-corrected chi connectivity index (χ0v) is 14.1. The number of hydrogen-bond donors (Lipinski definition) is 2. The molecule has 0 bridgehead atoms. The maximum Gasteiger partial charge on any atom is 0.352 e. The summed E-state index contributed by atoms with van der Waals surface area (Å²) in [6.45, 7) is 1.79. The first-order chi connectivity index (χ1) is 11.9. The van der Waals surface area contributed by atoms with Gasteiger partial charge in [-0.05, 0) is 18.2 Å². The minimum absolute atomic E-state index is 0.0339. The third kappa shape index (κ3) is 1.95. The number of hydrogen-bond acceptors (Lipinski definition) is 4. The Balaban J connectivity index is 1.76. The first-order valence-corrected chi connectivity index (χ1v) is 8.62. The topological polar surface area (TPSA) is 109 Å². The predicted molar refractivity (Wildman–Crippen MR) is 88.6 cm³/mol. The van der Waals surface area contributed by atoms with Crippen LogP contribution in [0.4, 0.5) is 0 Å². The van der Waals surface area contributed by atoms with Crippen LogP contribution in [0.2, 0.25) is 0 Å². The molecule has 0 radical (unpaired) electrons. The largest absolute Gasteiger partial charge is 0.477 e. The molecule has 2 aliphatic heterocycles. The highest BCUT2D eigenvalue weighted by molar-refractivity contribution is 8.00. The summed E-state index contributed by atoms with van der Waals surface area (Å²) in [5, 5.41) is 8.99. The van der Waals surface area contributed by atoms with Crippen LogP contribution >= 0.6 is 11.8 Å². The van der Waals surface area contributed by atoms with E-state index in [1.54, 1.807) is 52.7 Å². The Morgan fingerprint density at radius 1 is 1.44 bits per heavy atom. The number of carboxylic acid groups (broad SMARTS) is 1. The molecule has 25 heavy (non-hydrogen) atoms. The van der Waals surface area contributed by atoms with E-state index < -0.39 is 17.4 Å². The van der Waals surface area contributed by atoms with Crippen molar-refractivity contribution in [2.45, 2.75) is 17.8 Å². The van der Waals surface area contributed by atoms with E-state index in [9.17, 15) is 19.5 Å². The summed E-state index contributed by atoms with van der Waals surface area (Å²) in [6, 6.07) is 3.37. The van der Waals surface area contributed by atoms with Crippen molar-refractivity contribution in [2.24, 2.45) is 5.73 Å². The number of thioether (sulfide) groups is 1. The van der Waals surface area contributed by atoms with Crippen molar-refractivity contribution < 1.29 is 24.1 Å². The van der Waals surface area contributed by atoms with Crippen molar-refractivity contribution in [2.75, 3.05) is 5.75 Å². The summed E-state index contributed by atoms with van der Waals surface area (Å²) in [4.78, 5) is 36.9. The molecule has 0 aliphatic carbocycles. The number of rotatable bonds is 3. The fourth-order valence-electron chi connectivity index (χ4n) is 3.41. The van der Waals surface area contributed by atoms with Crippen LogP contribution in [0.3, 0.4) is 0 Å². The summed E-state index contributed by atoms with van der Waals surface area (Å²) in [5.41, 5.74) is 5.57. The maximum absolute atomic E-state index is 12.8. The molecule has 2 aromatic rings. The Hall–Kier alpha value is -2.81. The van der Waals surface area contributed by atoms with Gasteiger partial charge in [-0.2, -0.15) is 4.57 Å². The molecular formula is C16H15N4O4S+. The van der Waals surface area contributed by atoms with Gasteiger partial charge in [0, 0.05) is 12.7 Å². The van der Waals surface area contributed by atoms with E-state index >= 15 is 0 Å². The van der Waals surface area contributed by atoms with Crippen molar-refractivity contribution in [1.82, 2.24) is 9.30 Å². The zero-order chi connectivity index (χ0) is 17.9. The van der Waals surface area contributed by atoms with Crippen LogP contribution in [0.25, 0.3) is 5.52 Å². The smallest absolute Gasteiger partial charge is 0.352 e. The first kappa shape index (κ1) is 15.7. The van der Waals surface area contributed by atoms with Gasteiger partial charge in [0.1, 0.15) is 16.9 Å². The van der Waals surface area contributed by atoms with Crippen LogP contribution in [0, 0.1) is 0 Å². The number of aliphatic carboxylic acids is 1. The fraction of sp³-hybridized carbons (Fsp3) is 0.250. The molecule has 4 heterocycles. The van der Waals surface area contributed by atoms with E-state index in [1.807, 2.05) is 0 Å². The van der Waals surface area contributed by atoms with Crippen LogP contribution in [-0.4, -0.2) is 43.3 Å². The molecule has 2 atom stereocenters. The maximum atomic E-state index is 12.8. The average molecular weight is 359 g/mol. The summed E-state index contributed by atoms with van der Waals surface area (Å²) >= 11 is 1.52. The lowest BCUT2D eigenvalue weighted by atomic mass is 9.88. The lowest BCUT2D eigenvalue weighted by Gasteiger charge is -2.50. The second-order valence-electron chi connectivity index (χ2n) is 6.12. The van der Waals surface area contributed by atoms with Gasteiger partial charge in [-0.1, -0.05) is 0 Å². The SMILES string of the molecule is CC1([n+]2ccn3c(C(N)=O)ccc3c2)C(=O)N2C(C(=O)O)=CCS[C@H]21. The molecule has 128 valence electrons. The molecule has 2 aliphatic rings. The van der Waals surface area contributed by atoms with Gasteiger partial charge in [-0.15, -0.1) is 11.8 Å². The Bertz CT molecular complexity index is 982. The lowest BCUT2D eigenvalue weighted by molar-refractivity contribution is -0.755. The standard InChI is InChI=1S/C16H14N4O4S/c1-16(14(24)20-11(13(22)23)4-7-25-15(16)20)18-5-6-19-9(8-18)2-3-10(19)12(17)21/h2-6,8,15H,7H2,1H3,(H2-,17,21,22,23)/p+1/t15-,16?/m0/s1. The highest BCUT2D eigenvalue weighted by atomic mass is 32.2. The van der Waals surface area contributed by atoms with Gasteiger partial charge in [0.15, 0.2) is 17.8 Å². The van der Waals surface area contributed by atoms with Gasteiger partial charge in [0.25, 0.3) is 11.4 Å². The molecule has 0 aromatic carbocycles. The minimum atomic E-state index is -1.10. The van der Waals surface area contributed by atoms with E-state index in [1.165, 1.54) is 16.7 Å². The second-order valence-corrected chi connectivity index (χ2v) is 7.23. The molecule has 1 saturated heterocycles. The molecule has 1 unspecified atom stereocenters. The van der Waals surface area contributed by atoms with E-state index in [0.717, 1.165) is 5.52 Å². The van der Waals surface area contributed by atoms with Gasteiger partial charge < -0.3 is 15.2 Å². The van der Waals surface area contributed by atoms with Crippen LogP contribution in [0.5, 0.6) is 0 Å². The lowest BCUT2D eigenvalue weighted by Crippen LogP contribution is -2.80. The molecule has 9 heteroatoms. The third-order valence-corrected chi connectivity index (χ3v) is 6.11. The quantitative estimate of drug-likeness (QED) is 0.589. The number of nitrogens with zero attached hydrogens (tertiary/aromatic N) is 3. The molecule has 1 fully saturated rings. The molecule has 2 amide bonds. The number of carboxylic acids is 1. The average Bonchev–Trinajstić information content (AvgIpc) is 3.03. The summed E-state index contributed by atoms with van der Waals surface area (Å²) in [7, 11) is 0. The Morgan fingerprint density at radius 2 is 2.20 bits per heavy atom. The molecule has 8 nitrogen and oxygen atoms in total. The van der Waals surface area contributed by atoms with E-state index in [2.05, 4.69) is 0 Å². The molecule has 4 rings (SSSR count). The van der Waals surface area contributed by atoms with Crippen LogP contribution in [0.15, 0.2) is 42.5 Å². The summed E-state index contributed by atoms with van der Waals surface area (Å²) in [6.07, 6.45) is 6.70.